The van der Waals surface area contributed by atoms with Gasteiger partial charge in [-0.1, -0.05) is 20.8 Å². The summed E-state index contributed by atoms with van der Waals surface area (Å²) in [7, 11) is 0. The van der Waals surface area contributed by atoms with Gasteiger partial charge in [-0.3, -0.25) is 9.89 Å². The van der Waals surface area contributed by atoms with Gasteiger partial charge in [-0.15, -0.1) is 0 Å². The molecule has 1 saturated heterocycles. The second kappa shape index (κ2) is 5.00. The number of carbonyl (C=O) groups is 1. The molecule has 5 nitrogen and oxygen atoms in total. The first-order valence-electron chi connectivity index (χ1n) is 6.71. The number of H-pyrrole nitrogens is 1. The van der Waals surface area contributed by atoms with E-state index in [9.17, 15) is 4.79 Å². The van der Waals surface area contributed by atoms with Crippen LogP contribution in [0.3, 0.4) is 0 Å². The molecule has 1 aromatic heterocycles. The molecule has 1 atom stereocenters. The molecule has 2 heterocycles. The zero-order valence-corrected chi connectivity index (χ0v) is 11.4. The molecule has 1 fully saturated rings. The predicted molar refractivity (Wildman–Crippen MR) is 71.4 cm³/mol. The number of aromatic amines is 1. The topological polar surface area (TPSA) is 75.0 Å². The van der Waals surface area contributed by atoms with Gasteiger partial charge in [0.15, 0.2) is 5.69 Å². The van der Waals surface area contributed by atoms with Crippen molar-refractivity contribution in [2.24, 2.45) is 0 Å². The van der Waals surface area contributed by atoms with Crippen LogP contribution in [-0.2, 0) is 0 Å². The summed E-state index contributed by atoms with van der Waals surface area (Å²) in [5.74, 6) is 0.222. The fraction of sp³-hybridized carbons (Fsp3) is 0.692. The van der Waals surface area contributed by atoms with Crippen LogP contribution in [-0.4, -0.2) is 33.6 Å². The smallest absolute Gasteiger partial charge is 0.276 e. The van der Waals surface area contributed by atoms with Crippen LogP contribution < -0.4 is 5.73 Å². The number of aromatic nitrogens is 2. The Labute approximate surface area is 108 Å². The zero-order valence-electron chi connectivity index (χ0n) is 11.4. The lowest BCUT2D eigenvalue weighted by Crippen LogP contribution is -2.35. The first-order chi connectivity index (χ1) is 8.56. The van der Waals surface area contributed by atoms with E-state index in [0.29, 0.717) is 17.4 Å². The largest absolute Gasteiger partial charge is 0.395 e. The highest BCUT2D eigenvalue weighted by Gasteiger charge is 2.31. The summed E-state index contributed by atoms with van der Waals surface area (Å²) in [5.41, 5.74) is 7.77. The molecule has 100 valence electrons. The van der Waals surface area contributed by atoms with Crippen LogP contribution in [0.15, 0.2) is 0 Å². The number of nitrogens with two attached hydrogens (primary N) is 1. The summed E-state index contributed by atoms with van der Waals surface area (Å²) in [4.78, 5) is 14.3. The van der Waals surface area contributed by atoms with E-state index in [4.69, 9.17) is 5.73 Å². The number of amides is 1. The number of nitrogens with one attached hydrogen (secondary N) is 1. The van der Waals surface area contributed by atoms with E-state index >= 15 is 0 Å². The number of hydrogen-bond acceptors (Lipinski definition) is 3. The molecule has 0 radical (unpaired) electrons. The maximum absolute atomic E-state index is 12.4. The molecule has 1 unspecified atom stereocenters. The fourth-order valence-electron chi connectivity index (χ4n) is 2.63. The normalized spacial score (nSPS) is 19.8. The number of likely N-dealkylation sites (tertiary alicyclic amines) is 1. The summed E-state index contributed by atoms with van der Waals surface area (Å²) in [6, 6.07) is 0.344. The van der Waals surface area contributed by atoms with Crippen molar-refractivity contribution >= 4 is 11.6 Å². The van der Waals surface area contributed by atoms with Gasteiger partial charge in [-0.2, -0.15) is 5.10 Å². The number of anilines is 1. The van der Waals surface area contributed by atoms with Crippen LogP contribution in [0.1, 0.15) is 62.1 Å². The Hall–Kier alpha value is -1.52. The van der Waals surface area contributed by atoms with E-state index in [2.05, 4.69) is 17.1 Å². The van der Waals surface area contributed by atoms with Crippen molar-refractivity contribution in [1.29, 1.82) is 0 Å². The van der Waals surface area contributed by atoms with Crippen molar-refractivity contribution in [2.75, 3.05) is 12.3 Å². The average molecular weight is 250 g/mol. The molecule has 0 bridgehead atoms. The van der Waals surface area contributed by atoms with Gasteiger partial charge in [-0.05, 0) is 25.2 Å². The van der Waals surface area contributed by atoms with Crippen molar-refractivity contribution in [3.8, 4) is 0 Å². The highest BCUT2D eigenvalue weighted by molar-refractivity contribution is 5.98. The minimum absolute atomic E-state index is 0.0278. The Balaban J connectivity index is 2.24. The molecule has 18 heavy (non-hydrogen) atoms. The minimum atomic E-state index is -0.0278. The Morgan fingerprint density at radius 1 is 1.61 bits per heavy atom. The van der Waals surface area contributed by atoms with Crippen LogP contribution in [0.4, 0.5) is 5.69 Å². The van der Waals surface area contributed by atoms with Gasteiger partial charge in [0.1, 0.15) is 0 Å². The summed E-state index contributed by atoms with van der Waals surface area (Å²) >= 11 is 0. The first-order valence-corrected chi connectivity index (χ1v) is 6.71. The third-order valence-electron chi connectivity index (χ3n) is 3.72. The summed E-state index contributed by atoms with van der Waals surface area (Å²) < 4.78 is 0. The third kappa shape index (κ3) is 2.09. The lowest BCUT2D eigenvalue weighted by Gasteiger charge is -2.22. The summed E-state index contributed by atoms with van der Waals surface area (Å²) in [6.45, 7) is 7.00. The van der Waals surface area contributed by atoms with Crippen LogP contribution in [0.25, 0.3) is 0 Å². The highest BCUT2D eigenvalue weighted by Crippen LogP contribution is 2.27. The first kappa shape index (κ1) is 12.9. The van der Waals surface area contributed by atoms with Crippen LogP contribution >= 0.6 is 0 Å². The van der Waals surface area contributed by atoms with Gasteiger partial charge in [0, 0.05) is 12.6 Å². The van der Waals surface area contributed by atoms with Gasteiger partial charge < -0.3 is 10.6 Å². The predicted octanol–water partition coefficient (Wildman–Crippen LogP) is 2.13. The Bertz CT molecular complexity index is 438. The molecule has 5 heteroatoms. The van der Waals surface area contributed by atoms with Gasteiger partial charge >= 0.3 is 0 Å². The van der Waals surface area contributed by atoms with E-state index < -0.39 is 0 Å². The van der Waals surface area contributed by atoms with E-state index in [1.807, 2.05) is 18.7 Å². The molecule has 3 N–H and O–H groups in total. The number of nitrogen functional groups attached to an aromatic ring is 1. The number of carbonyl (C=O) groups excluding carboxylic acids is 1. The lowest BCUT2D eigenvalue weighted by atomic mass is 10.1. The van der Waals surface area contributed by atoms with Crippen LogP contribution in [0, 0.1) is 0 Å². The fourth-order valence-corrected chi connectivity index (χ4v) is 2.63. The Kier molecular flexibility index (Phi) is 3.59. The molecule has 1 aromatic rings. The average Bonchev–Trinajstić information content (AvgIpc) is 2.93. The summed E-state index contributed by atoms with van der Waals surface area (Å²) in [5, 5.41) is 7.00. The van der Waals surface area contributed by atoms with E-state index in [1.54, 1.807) is 0 Å². The quantitative estimate of drug-likeness (QED) is 0.863. The standard InChI is InChI=1S/C13H22N4O/c1-4-9-6-5-7-17(9)13(18)12-10(14)11(8(2)3)15-16-12/h8-9H,4-7,14H2,1-3H3,(H,15,16). The number of nitrogens with zero attached hydrogens (tertiary/aromatic N) is 2. The number of rotatable bonds is 3. The van der Waals surface area contributed by atoms with Crippen molar-refractivity contribution in [3.63, 3.8) is 0 Å². The van der Waals surface area contributed by atoms with Crippen molar-refractivity contribution in [3.05, 3.63) is 11.4 Å². The maximum Gasteiger partial charge on any atom is 0.276 e. The van der Waals surface area contributed by atoms with Gasteiger partial charge in [-0.25, -0.2) is 0 Å². The third-order valence-corrected chi connectivity index (χ3v) is 3.72. The number of hydrogen-bond donors (Lipinski definition) is 2. The van der Waals surface area contributed by atoms with Crippen LogP contribution in [0.2, 0.25) is 0 Å². The molecule has 1 aliphatic rings. The van der Waals surface area contributed by atoms with Gasteiger partial charge in [0.25, 0.3) is 5.91 Å². The monoisotopic (exact) mass is 250 g/mol. The molecule has 0 aromatic carbocycles. The molecular weight excluding hydrogens is 228 g/mol. The van der Waals surface area contributed by atoms with Crippen molar-refractivity contribution in [2.45, 2.75) is 52.0 Å². The van der Waals surface area contributed by atoms with E-state index in [-0.39, 0.29) is 11.8 Å². The van der Waals surface area contributed by atoms with Crippen LogP contribution in [0.5, 0.6) is 0 Å². The second-order valence-electron chi connectivity index (χ2n) is 5.26. The molecular formula is C13H22N4O. The maximum atomic E-state index is 12.4. The van der Waals surface area contributed by atoms with Gasteiger partial charge in [0.05, 0.1) is 11.4 Å². The molecule has 0 saturated carbocycles. The lowest BCUT2D eigenvalue weighted by molar-refractivity contribution is 0.0729. The SMILES string of the molecule is CCC1CCCN1C(=O)c1n[nH]c(C(C)C)c1N. The minimum Gasteiger partial charge on any atom is -0.395 e. The molecule has 0 spiro atoms. The Morgan fingerprint density at radius 2 is 2.33 bits per heavy atom. The van der Waals surface area contributed by atoms with E-state index in [0.717, 1.165) is 31.5 Å². The second-order valence-corrected chi connectivity index (χ2v) is 5.26. The molecule has 0 aliphatic carbocycles. The molecule has 2 rings (SSSR count). The Morgan fingerprint density at radius 3 is 2.89 bits per heavy atom. The van der Waals surface area contributed by atoms with Gasteiger partial charge in [0.2, 0.25) is 0 Å². The molecule has 1 amide bonds. The van der Waals surface area contributed by atoms with E-state index in [1.165, 1.54) is 0 Å². The summed E-state index contributed by atoms with van der Waals surface area (Å²) in [6.07, 6.45) is 3.16. The van der Waals surface area contributed by atoms with Crippen molar-refractivity contribution < 1.29 is 4.79 Å². The highest BCUT2D eigenvalue weighted by atomic mass is 16.2. The zero-order chi connectivity index (χ0) is 13.3. The molecule has 1 aliphatic heterocycles. The van der Waals surface area contributed by atoms with Crippen molar-refractivity contribution in [1.82, 2.24) is 15.1 Å².